The molecule has 1 amide bonds. The first kappa shape index (κ1) is 23.4. The first-order valence-electron chi connectivity index (χ1n) is 12.3. The van der Waals surface area contributed by atoms with Crippen molar-refractivity contribution in [2.24, 2.45) is 0 Å². The Morgan fingerprint density at radius 2 is 1.79 bits per heavy atom. The molecule has 0 saturated carbocycles. The molecule has 2 N–H and O–H groups in total. The quantitative estimate of drug-likeness (QED) is 0.522. The lowest BCUT2D eigenvalue weighted by atomic mass is 9.93. The summed E-state index contributed by atoms with van der Waals surface area (Å²) < 4.78 is 0. The fraction of sp³-hybridized carbons (Fsp3) is 0.429. The summed E-state index contributed by atoms with van der Waals surface area (Å²) in [7, 11) is 0. The van der Waals surface area contributed by atoms with E-state index in [1.165, 1.54) is 10.9 Å². The molecule has 174 valence electrons. The van der Waals surface area contributed by atoms with Gasteiger partial charge in [0.2, 0.25) is 0 Å². The molecule has 1 fully saturated rings. The molecule has 2 atom stereocenters. The van der Waals surface area contributed by atoms with Gasteiger partial charge in [0.15, 0.2) is 0 Å². The van der Waals surface area contributed by atoms with Crippen LogP contribution in [-0.4, -0.2) is 52.7 Å². The molecule has 0 aliphatic carbocycles. The van der Waals surface area contributed by atoms with Crippen LogP contribution < -0.4 is 5.32 Å². The molecule has 4 rings (SSSR count). The average Bonchev–Trinajstić information content (AvgIpc) is 2.85. The third-order valence-electron chi connectivity index (χ3n) is 6.46. The van der Waals surface area contributed by atoms with Gasteiger partial charge in [0.25, 0.3) is 5.91 Å². The van der Waals surface area contributed by atoms with E-state index < -0.39 is 0 Å². The monoisotopic (exact) mass is 445 g/mol. The number of piperidine rings is 1. The minimum Gasteiger partial charge on any atom is -0.392 e. The van der Waals surface area contributed by atoms with Gasteiger partial charge in [-0.25, -0.2) is 4.98 Å². The lowest BCUT2D eigenvalue weighted by Gasteiger charge is -2.27. The van der Waals surface area contributed by atoms with Gasteiger partial charge in [0.05, 0.1) is 17.3 Å². The minimum atomic E-state index is -0.238. The van der Waals surface area contributed by atoms with Crippen LogP contribution in [0.1, 0.15) is 55.5 Å². The Morgan fingerprint density at radius 3 is 2.45 bits per heavy atom. The Labute approximate surface area is 196 Å². The van der Waals surface area contributed by atoms with Crippen molar-refractivity contribution in [3.63, 3.8) is 0 Å². The summed E-state index contributed by atoms with van der Waals surface area (Å²) in [4.78, 5) is 19.8. The number of hydrogen-bond acceptors (Lipinski definition) is 4. The highest BCUT2D eigenvalue weighted by atomic mass is 16.3. The standard InChI is InChI=1S/C28H35N3O2/c1-3-15-31(16-4-2)28(33)21-11-9-20(10-12-21)27-18-22(17-23-13-14-24(32)19-29-23)25-7-5-6-8-26(25)30-27/h5-12,18,23-24,29,32H,3-4,13-17,19H2,1-2H3/t23-,24?/m1/s1. The van der Waals surface area contributed by atoms with E-state index in [-0.39, 0.29) is 12.0 Å². The van der Waals surface area contributed by atoms with Gasteiger partial charge in [0.1, 0.15) is 0 Å². The average molecular weight is 446 g/mol. The zero-order valence-electron chi connectivity index (χ0n) is 19.8. The highest BCUT2D eigenvalue weighted by molar-refractivity contribution is 5.95. The van der Waals surface area contributed by atoms with Gasteiger partial charge in [-0.2, -0.15) is 0 Å². The second kappa shape index (κ2) is 10.9. The van der Waals surface area contributed by atoms with Crippen LogP contribution in [0.5, 0.6) is 0 Å². The smallest absolute Gasteiger partial charge is 0.253 e. The summed E-state index contributed by atoms with van der Waals surface area (Å²) in [5.41, 5.74) is 4.92. The van der Waals surface area contributed by atoms with Crippen LogP contribution in [-0.2, 0) is 6.42 Å². The van der Waals surface area contributed by atoms with E-state index in [0.717, 1.165) is 67.5 Å². The molecule has 1 aliphatic heterocycles. The molecular formula is C28H35N3O2. The summed E-state index contributed by atoms with van der Waals surface area (Å²) in [6, 6.07) is 18.7. The molecule has 1 unspecified atom stereocenters. The molecule has 33 heavy (non-hydrogen) atoms. The normalized spacial score (nSPS) is 18.4. The molecule has 0 radical (unpaired) electrons. The van der Waals surface area contributed by atoms with Gasteiger partial charge in [-0.1, -0.05) is 44.2 Å². The number of β-amino-alcohol motifs (C(OH)–C–C–N with tert-alkyl or cyclic N) is 1. The SMILES string of the molecule is CCCN(CCC)C(=O)c1ccc(-c2cc(C[C@H]3CCC(O)CN3)c3ccccc3n2)cc1. The number of hydrogen-bond donors (Lipinski definition) is 2. The van der Waals surface area contributed by atoms with Crippen molar-refractivity contribution >= 4 is 16.8 Å². The molecule has 5 nitrogen and oxygen atoms in total. The number of fused-ring (bicyclic) bond motifs is 1. The second-order valence-electron chi connectivity index (χ2n) is 9.09. The molecule has 1 saturated heterocycles. The van der Waals surface area contributed by atoms with Gasteiger partial charge in [-0.3, -0.25) is 4.79 Å². The number of benzene rings is 2. The predicted molar refractivity (Wildman–Crippen MR) is 134 cm³/mol. The van der Waals surface area contributed by atoms with Gasteiger partial charge >= 0.3 is 0 Å². The van der Waals surface area contributed by atoms with Crippen LogP contribution >= 0.6 is 0 Å². The van der Waals surface area contributed by atoms with Crippen molar-refractivity contribution < 1.29 is 9.90 Å². The van der Waals surface area contributed by atoms with Gasteiger partial charge in [0, 0.05) is 42.2 Å². The maximum atomic E-state index is 12.9. The molecule has 2 aromatic carbocycles. The van der Waals surface area contributed by atoms with E-state index in [0.29, 0.717) is 12.6 Å². The lowest BCUT2D eigenvalue weighted by molar-refractivity contribution is 0.0755. The number of carbonyl (C=O) groups excluding carboxylic acids is 1. The topological polar surface area (TPSA) is 65.5 Å². The number of para-hydroxylation sites is 1. The van der Waals surface area contributed by atoms with Crippen molar-refractivity contribution in [2.45, 2.75) is 58.1 Å². The number of rotatable bonds is 8. The first-order chi connectivity index (χ1) is 16.1. The molecule has 1 aliphatic rings. The van der Waals surface area contributed by atoms with E-state index in [9.17, 15) is 9.90 Å². The van der Waals surface area contributed by atoms with Crippen molar-refractivity contribution in [2.75, 3.05) is 19.6 Å². The third-order valence-corrected chi connectivity index (χ3v) is 6.46. The van der Waals surface area contributed by atoms with Crippen molar-refractivity contribution in [1.82, 2.24) is 15.2 Å². The Bertz CT molecular complexity index is 1070. The molecule has 3 aromatic rings. The Kier molecular flexibility index (Phi) is 7.73. The van der Waals surface area contributed by atoms with Crippen LogP contribution in [0.25, 0.3) is 22.2 Å². The maximum Gasteiger partial charge on any atom is 0.253 e. The largest absolute Gasteiger partial charge is 0.392 e. The van der Waals surface area contributed by atoms with Crippen molar-refractivity contribution in [3.05, 3.63) is 65.7 Å². The highest BCUT2D eigenvalue weighted by Gasteiger charge is 2.20. The first-order valence-corrected chi connectivity index (χ1v) is 12.3. The van der Waals surface area contributed by atoms with E-state index in [2.05, 4.69) is 43.4 Å². The van der Waals surface area contributed by atoms with Crippen LogP contribution in [0.2, 0.25) is 0 Å². The Balaban J connectivity index is 1.60. The fourth-order valence-corrected chi connectivity index (χ4v) is 4.73. The minimum absolute atomic E-state index is 0.1000. The predicted octanol–water partition coefficient (Wildman–Crippen LogP) is 4.82. The number of aliphatic hydroxyl groups excluding tert-OH is 1. The number of pyridine rings is 1. The van der Waals surface area contributed by atoms with Gasteiger partial charge in [-0.15, -0.1) is 0 Å². The van der Waals surface area contributed by atoms with Crippen LogP contribution in [0.15, 0.2) is 54.6 Å². The zero-order valence-corrected chi connectivity index (χ0v) is 19.8. The third kappa shape index (κ3) is 5.60. The van der Waals surface area contributed by atoms with Gasteiger partial charge in [-0.05, 0) is 61.9 Å². The fourth-order valence-electron chi connectivity index (χ4n) is 4.73. The molecule has 0 spiro atoms. The molecule has 0 bridgehead atoms. The van der Waals surface area contributed by atoms with E-state index in [1.54, 1.807) is 0 Å². The number of amides is 1. The van der Waals surface area contributed by atoms with Crippen molar-refractivity contribution in [1.29, 1.82) is 0 Å². The van der Waals surface area contributed by atoms with E-state index >= 15 is 0 Å². The molecule has 1 aromatic heterocycles. The molecular weight excluding hydrogens is 410 g/mol. The second-order valence-corrected chi connectivity index (χ2v) is 9.09. The summed E-state index contributed by atoms with van der Waals surface area (Å²) >= 11 is 0. The maximum absolute atomic E-state index is 12.9. The van der Waals surface area contributed by atoms with Crippen LogP contribution in [0.3, 0.4) is 0 Å². The number of carbonyl (C=O) groups is 1. The van der Waals surface area contributed by atoms with Crippen molar-refractivity contribution in [3.8, 4) is 11.3 Å². The van der Waals surface area contributed by atoms with E-state index in [1.807, 2.05) is 35.2 Å². The summed E-state index contributed by atoms with van der Waals surface area (Å²) in [6.45, 7) is 6.44. The number of nitrogens with one attached hydrogen (secondary N) is 1. The molecule has 2 heterocycles. The van der Waals surface area contributed by atoms with E-state index in [4.69, 9.17) is 4.98 Å². The summed E-state index contributed by atoms with van der Waals surface area (Å²) in [5, 5.41) is 14.5. The number of nitrogens with zero attached hydrogens (tertiary/aromatic N) is 2. The number of aromatic nitrogens is 1. The highest BCUT2D eigenvalue weighted by Crippen LogP contribution is 2.27. The Morgan fingerprint density at radius 1 is 1.06 bits per heavy atom. The van der Waals surface area contributed by atoms with Gasteiger partial charge < -0.3 is 15.3 Å². The summed E-state index contributed by atoms with van der Waals surface area (Å²) in [6.07, 6.45) is 4.40. The lowest BCUT2D eigenvalue weighted by Crippen LogP contribution is -2.42. The number of aliphatic hydroxyl groups is 1. The van der Waals surface area contributed by atoms with Crippen LogP contribution in [0, 0.1) is 0 Å². The molecule has 5 heteroatoms. The Hall–Kier alpha value is -2.76. The zero-order chi connectivity index (χ0) is 23.2. The van der Waals surface area contributed by atoms with Crippen LogP contribution in [0.4, 0.5) is 0 Å². The summed E-state index contributed by atoms with van der Waals surface area (Å²) in [5.74, 6) is 0.1000.